The summed E-state index contributed by atoms with van der Waals surface area (Å²) in [7, 11) is 0. The van der Waals surface area contributed by atoms with E-state index in [1.807, 2.05) is 20.8 Å². The molecule has 6 heteroatoms. The quantitative estimate of drug-likeness (QED) is 0.677. The minimum atomic E-state index is -0.197. The maximum absolute atomic E-state index is 11.7. The zero-order valence-corrected chi connectivity index (χ0v) is 11.0. The highest BCUT2D eigenvalue weighted by molar-refractivity contribution is 5.85. The summed E-state index contributed by atoms with van der Waals surface area (Å²) in [6, 6.07) is 0.0804. The molecule has 0 saturated carbocycles. The van der Waals surface area contributed by atoms with E-state index >= 15 is 0 Å². The van der Waals surface area contributed by atoms with Crippen molar-refractivity contribution in [2.75, 3.05) is 6.54 Å². The zero-order chi connectivity index (χ0) is 13.5. The van der Waals surface area contributed by atoms with Crippen molar-refractivity contribution in [1.82, 2.24) is 20.6 Å². The summed E-state index contributed by atoms with van der Waals surface area (Å²) in [6.07, 6.45) is 3.85. The Morgan fingerprint density at radius 1 is 1.39 bits per heavy atom. The van der Waals surface area contributed by atoms with Gasteiger partial charge >= 0.3 is 0 Å². The zero-order valence-electron chi connectivity index (χ0n) is 11.0. The number of hydrogen-bond donors (Lipinski definition) is 3. The first-order valence-corrected chi connectivity index (χ1v) is 6.03. The smallest absolute Gasteiger partial charge is 0.239 e. The van der Waals surface area contributed by atoms with E-state index in [-0.39, 0.29) is 30.3 Å². The minimum absolute atomic E-state index is 0.0182. The Morgan fingerprint density at radius 2 is 2.11 bits per heavy atom. The van der Waals surface area contributed by atoms with Gasteiger partial charge in [-0.25, -0.2) is 4.98 Å². The number of imidazole rings is 1. The second kappa shape index (κ2) is 6.78. The first-order valence-electron chi connectivity index (χ1n) is 6.03. The lowest BCUT2D eigenvalue weighted by Crippen LogP contribution is -2.41. The van der Waals surface area contributed by atoms with Crippen LogP contribution >= 0.6 is 0 Å². The molecule has 18 heavy (non-hydrogen) atoms. The van der Waals surface area contributed by atoms with Gasteiger partial charge < -0.3 is 15.6 Å². The Bertz CT molecular complexity index is 387. The number of amides is 2. The van der Waals surface area contributed by atoms with Gasteiger partial charge in [0, 0.05) is 30.3 Å². The second-order valence-corrected chi connectivity index (χ2v) is 4.62. The third-order valence-electron chi connectivity index (χ3n) is 2.40. The van der Waals surface area contributed by atoms with Crippen molar-refractivity contribution in [2.45, 2.75) is 33.2 Å². The van der Waals surface area contributed by atoms with E-state index in [9.17, 15) is 9.59 Å². The molecule has 0 bridgehead atoms. The molecule has 6 nitrogen and oxygen atoms in total. The van der Waals surface area contributed by atoms with Crippen LogP contribution in [0.4, 0.5) is 0 Å². The van der Waals surface area contributed by atoms with Crippen LogP contribution in [0.3, 0.4) is 0 Å². The normalized spacial score (nSPS) is 12.2. The van der Waals surface area contributed by atoms with Crippen molar-refractivity contribution in [3.8, 4) is 0 Å². The number of nitrogens with one attached hydrogen (secondary N) is 3. The maximum Gasteiger partial charge on any atom is 0.239 e. The molecule has 1 heterocycles. The number of carbonyl (C=O) groups excluding carboxylic acids is 2. The van der Waals surface area contributed by atoms with Crippen molar-refractivity contribution in [2.24, 2.45) is 5.92 Å². The summed E-state index contributed by atoms with van der Waals surface area (Å²) < 4.78 is 0. The molecule has 0 aliphatic rings. The van der Waals surface area contributed by atoms with E-state index in [0.717, 1.165) is 5.69 Å². The molecule has 0 saturated heterocycles. The van der Waals surface area contributed by atoms with Crippen LogP contribution < -0.4 is 10.6 Å². The largest absolute Gasteiger partial charge is 0.352 e. The summed E-state index contributed by atoms with van der Waals surface area (Å²) in [5.41, 5.74) is 0.907. The van der Waals surface area contributed by atoms with Crippen LogP contribution in [0.25, 0.3) is 0 Å². The summed E-state index contributed by atoms with van der Waals surface area (Å²) in [5.74, 6) is -0.507. The van der Waals surface area contributed by atoms with E-state index in [0.29, 0.717) is 6.42 Å². The highest BCUT2D eigenvalue weighted by Crippen LogP contribution is 2.04. The lowest BCUT2D eigenvalue weighted by atomic mass is 10.1. The molecule has 100 valence electrons. The van der Waals surface area contributed by atoms with Gasteiger partial charge in [0.15, 0.2) is 0 Å². The van der Waals surface area contributed by atoms with E-state index in [1.165, 1.54) is 0 Å². The molecular weight excluding hydrogens is 232 g/mol. The Morgan fingerprint density at radius 3 is 2.67 bits per heavy atom. The van der Waals surface area contributed by atoms with E-state index in [2.05, 4.69) is 20.6 Å². The van der Waals surface area contributed by atoms with E-state index < -0.39 is 0 Å². The molecule has 1 aromatic heterocycles. The molecule has 0 spiro atoms. The Hall–Kier alpha value is -1.85. The summed E-state index contributed by atoms with van der Waals surface area (Å²) in [5, 5.41) is 5.33. The summed E-state index contributed by atoms with van der Waals surface area (Å²) in [4.78, 5) is 29.9. The third-order valence-corrected chi connectivity index (χ3v) is 2.40. The Kier molecular flexibility index (Phi) is 5.35. The average Bonchev–Trinajstić information content (AvgIpc) is 2.77. The van der Waals surface area contributed by atoms with Gasteiger partial charge in [-0.05, 0) is 13.8 Å². The monoisotopic (exact) mass is 252 g/mol. The van der Waals surface area contributed by atoms with Crippen LogP contribution in [-0.2, 0) is 16.0 Å². The van der Waals surface area contributed by atoms with E-state index in [4.69, 9.17) is 0 Å². The van der Waals surface area contributed by atoms with Crippen molar-refractivity contribution in [3.05, 3.63) is 18.2 Å². The topological polar surface area (TPSA) is 86.9 Å². The fourth-order valence-corrected chi connectivity index (χ4v) is 1.53. The predicted molar refractivity (Wildman–Crippen MR) is 67.7 cm³/mol. The molecule has 0 aliphatic heterocycles. The van der Waals surface area contributed by atoms with Crippen LogP contribution in [0.15, 0.2) is 12.5 Å². The lowest BCUT2D eigenvalue weighted by molar-refractivity contribution is -0.128. The standard InChI is InChI=1S/C12H20N4O2/c1-8(2)16-11(17)6-14-12(18)9(3)4-10-5-13-7-15-10/h5,7-9H,4,6H2,1-3H3,(H,13,15)(H,14,18)(H,16,17). The van der Waals surface area contributed by atoms with Gasteiger partial charge in [-0.3, -0.25) is 9.59 Å². The van der Waals surface area contributed by atoms with E-state index in [1.54, 1.807) is 12.5 Å². The molecule has 2 amide bonds. The summed E-state index contributed by atoms with van der Waals surface area (Å²) >= 11 is 0. The van der Waals surface area contributed by atoms with Crippen LogP contribution in [0, 0.1) is 5.92 Å². The number of carbonyl (C=O) groups is 2. The van der Waals surface area contributed by atoms with Gasteiger partial charge in [-0.2, -0.15) is 0 Å². The SMILES string of the molecule is CC(C)NC(=O)CNC(=O)C(C)Cc1cnc[nH]1. The molecule has 1 atom stereocenters. The average molecular weight is 252 g/mol. The predicted octanol–water partition coefficient (Wildman–Crippen LogP) is 0.229. The van der Waals surface area contributed by atoms with Gasteiger partial charge in [-0.1, -0.05) is 6.92 Å². The van der Waals surface area contributed by atoms with Crippen LogP contribution in [0.1, 0.15) is 26.5 Å². The molecule has 0 aliphatic carbocycles. The lowest BCUT2D eigenvalue weighted by Gasteiger charge is -2.12. The highest BCUT2D eigenvalue weighted by Gasteiger charge is 2.15. The third kappa shape index (κ3) is 4.99. The molecule has 3 N–H and O–H groups in total. The molecule has 1 unspecified atom stereocenters. The van der Waals surface area contributed by atoms with Crippen LogP contribution in [-0.4, -0.2) is 34.4 Å². The number of nitrogens with zero attached hydrogens (tertiary/aromatic N) is 1. The maximum atomic E-state index is 11.7. The van der Waals surface area contributed by atoms with Gasteiger partial charge in [0.05, 0.1) is 12.9 Å². The first-order chi connectivity index (χ1) is 8.49. The van der Waals surface area contributed by atoms with Gasteiger partial charge in [0.2, 0.25) is 11.8 Å². The number of H-pyrrole nitrogens is 1. The number of aromatic amines is 1. The van der Waals surface area contributed by atoms with Crippen LogP contribution in [0.5, 0.6) is 0 Å². The fraction of sp³-hybridized carbons (Fsp3) is 0.583. The van der Waals surface area contributed by atoms with Gasteiger partial charge in [0.25, 0.3) is 0 Å². The molecule has 0 aromatic carbocycles. The van der Waals surface area contributed by atoms with Gasteiger partial charge in [-0.15, -0.1) is 0 Å². The Balaban J connectivity index is 2.30. The molecule has 1 aromatic rings. The minimum Gasteiger partial charge on any atom is -0.352 e. The molecule has 0 radical (unpaired) electrons. The second-order valence-electron chi connectivity index (χ2n) is 4.62. The molecular formula is C12H20N4O2. The fourth-order valence-electron chi connectivity index (χ4n) is 1.53. The highest BCUT2D eigenvalue weighted by atomic mass is 16.2. The van der Waals surface area contributed by atoms with Crippen molar-refractivity contribution in [1.29, 1.82) is 0 Å². The number of hydrogen-bond acceptors (Lipinski definition) is 3. The number of rotatable bonds is 6. The van der Waals surface area contributed by atoms with Gasteiger partial charge in [0.1, 0.15) is 0 Å². The van der Waals surface area contributed by atoms with Crippen molar-refractivity contribution in [3.63, 3.8) is 0 Å². The molecule has 0 fully saturated rings. The van der Waals surface area contributed by atoms with Crippen molar-refractivity contribution < 1.29 is 9.59 Å². The molecule has 1 rings (SSSR count). The van der Waals surface area contributed by atoms with Crippen molar-refractivity contribution >= 4 is 11.8 Å². The Labute approximate surface area is 107 Å². The van der Waals surface area contributed by atoms with Crippen LogP contribution in [0.2, 0.25) is 0 Å². The number of aromatic nitrogens is 2. The summed E-state index contributed by atoms with van der Waals surface area (Å²) in [6.45, 7) is 5.59. The first kappa shape index (κ1) is 14.2.